The third kappa shape index (κ3) is 4.99. The number of nitrogens with one attached hydrogen (secondary N) is 1. The molecule has 17 heavy (non-hydrogen) atoms. The lowest BCUT2D eigenvalue weighted by Gasteiger charge is -2.07. The summed E-state index contributed by atoms with van der Waals surface area (Å²) < 4.78 is 11.5. The molecule has 1 aromatic rings. The van der Waals surface area contributed by atoms with Crippen LogP contribution in [-0.2, 0) is 15.6 Å². The van der Waals surface area contributed by atoms with Gasteiger partial charge in [-0.25, -0.2) is 0 Å². The molecule has 0 saturated heterocycles. The Morgan fingerprint density at radius 3 is 2.76 bits per heavy atom. The zero-order valence-corrected chi connectivity index (χ0v) is 10.9. The van der Waals surface area contributed by atoms with Gasteiger partial charge in [0.25, 0.3) is 0 Å². The Hall–Kier alpha value is -1.36. The number of rotatable bonds is 5. The molecule has 3 N–H and O–H groups in total. The molecule has 0 aliphatic carbocycles. The monoisotopic (exact) mass is 254 g/mol. The second kappa shape index (κ2) is 6.39. The van der Waals surface area contributed by atoms with Gasteiger partial charge in [0, 0.05) is 39.6 Å². The molecule has 0 aliphatic heterocycles. The van der Waals surface area contributed by atoms with Crippen LogP contribution in [0.3, 0.4) is 0 Å². The number of hydrogen-bond donors (Lipinski definition) is 2. The Morgan fingerprint density at radius 2 is 2.18 bits per heavy atom. The third-order valence-electron chi connectivity index (χ3n) is 2.23. The van der Waals surface area contributed by atoms with Crippen LogP contribution in [0.1, 0.15) is 20.3 Å². The minimum absolute atomic E-state index is 0.0927. The molecule has 1 unspecified atom stereocenters. The lowest BCUT2D eigenvalue weighted by Crippen LogP contribution is -2.18. The predicted molar refractivity (Wildman–Crippen MR) is 72.2 cm³/mol. The summed E-state index contributed by atoms with van der Waals surface area (Å²) in [6.45, 7) is 3.76. The lowest BCUT2D eigenvalue weighted by molar-refractivity contribution is -0.115. The van der Waals surface area contributed by atoms with E-state index in [2.05, 4.69) is 5.32 Å². The van der Waals surface area contributed by atoms with Crippen LogP contribution in [0.4, 0.5) is 11.4 Å². The van der Waals surface area contributed by atoms with Crippen LogP contribution in [0.5, 0.6) is 0 Å². The average molecular weight is 254 g/mol. The van der Waals surface area contributed by atoms with Gasteiger partial charge >= 0.3 is 0 Å². The molecule has 0 spiro atoms. The number of nitrogen functional groups attached to an aromatic ring is 1. The molecular weight excluding hydrogens is 236 g/mol. The zero-order valence-electron chi connectivity index (χ0n) is 10.1. The van der Waals surface area contributed by atoms with Crippen LogP contribution in [0.2, 0.25) is 0 Å². The standard InChI is InChI=1S/C12H18N2O2S/c1-9(2)17(16)7-6-12(15)14-11-5-3-4-10(13)8-11/h3-5,8-9H,6-7,13H2,1-2H3,(H,14,15). The number of carbonyl (C=O) groups excluding carboxylic acids is 1. The molecule has 0 bridgehead atoms. The first-order valence-electron chi connectivity index (χ1n) is 5.51. The molecule has 5 heteroatoms. The first-order chi connectivity index (χ1) is 7.99. The van der Waals surface area contributed by atoms with E-state index in [9.17, 15) is 9.00 Å². The van der Waals surface area contributed by atoms with Gasteiger partial charge in [-0.2, -0.15) is 0 Å². The molecule has 0 heterocycles. The van der Waals surface area contributed by atoms with Crippen molar-refractivity contribution in [2.45, 2.75) is 25.5 Å². The van der Waals surface area contributed by atoms with Crippen molar-refractivity contribution in [3.05, 3.63) is 24.3 Å². The largest absolute Gasteiger partial charge is 0.399 e. The average Bonchev–Trinajstić information content (AvgIpc) is 2.25. The Balaban J connectivity index is 2.43. The molecule has 1 aromatic carbocycles. The van der Waals surface area contributed by atoms with E-state index < -0.39 is 10.8 Å². The highest BCUT2D eigenvalue weighted by Gasteiger charge is 2.08. The number of carbonyl (C=O) groups is 1. The first-order valence-corrected chi connectivity index (χ1v) is 6.90. The summed E-state index contributed by atoms with van der Waals surface area (Å²) in [4.78, 5) is 11.6. The molecule has 0 radical (unpaired) electrons. The van der Waals surface area contributed by atoms with Gasteiger partial charge < -0.3 is 11.1 Å². The van der Waals surface area contributed by atoms with Gasteiger partial charge in [0.1, 0.15) is 0 Å². The van der Waals surface area contributed by atoms with E-state index in [1.54, 1.807) is 24.3 Å². The summed E-state index contributed by atoms with van der Waals surface area (Å²) in [5.74, 6) is 0.260. The topological polar surface area (TPSA) is 72.2 Å². The normalized spacial score (nSPS) is 12.4. The lowest BCUT2D eigenvalue weighted by atomic mass is 10.3. The van der Waals surface area contributed by atoms with E-state index in [1.165, 1.54) is 0 Å². The van der Waals surface area contributed by atoms with Crippen molar-refractivity contribution >= 4 is 28.1 Å². The van der Waals surface area contributed by atoms with Crippen LogP contribution in [0.25, 0.3) is 0 Å². The van der Waals surface area contributed by atoms with E-state index in [0.29, 0.717) is 17.1 Å². The van der Waals surface area contributed by atoms with Crippen LogP contribution in [0, 0.1) is 0 Å². The molecule has 4 nitrogen and oxygen atoms in total. The summed E-state index contributed by atoms with van der Waals surface area (Å²) in [5.41, 5.74) is 6.87. The third-order valence-corrected chi connectivity index (χ3v) is 3.88. The second-order valence-electron chi connectivity index (χ2n) is 4.06. The van der Waals surface area contributed by atoms with E-state index in [4.69, 9.17) is 5.73 Å². The summed E-state index contributed by atoms with van der Waals surface area (Å²) in [6.07, 6.45) is 0.263. The number of anilines is 2. The van der Waals surface area contributed by atoms with Crippen molar-refractivity contribution in [2.75, 3.05) is 16.8 Å². The number of hydrogen-bond acceptors (Lipinski definition) is 3. The summed E-state index contributed by atoms with van der Waals surface area (Å²) in [6, 6.07) is 6.99. The molecule has 1 amide bonds. The highest BCUT2D eigenvalue weighted by molar-refractivity contribution is 7.85. The van der Waals surface area contributed by atoms with Gasteiger partial charge in [-0.3, -0.25) is 9.00 Å². The molecule has 1 atom stereocenters. The van der Waals surface area contributed by atoms with Gasteiger partial charge in [-0.1, -0.05) is 19.9 Å². The van der Waals surface area contributed by atoms with Crippen molar-refractivity contribution in [2.24, 2.45) is 0 Å². The highest BCUT2D eigenvalue weighted by atomic mass is 32.2. The Bertz CT molecular complexity index is 419. The summed E-state index contributed by atoms with van der Waals surface area (Å²) in [5, 5.41) is 2.82. The zero-order chi connectivity index (χ0) is 12.8. The summed E-state index contributed by atoms with van der Waals surface area (Å²) in [7, 11) is -0.940. The molecule has 0 aliphatic rings. The number of benzene rings is 1. The molecule has 0 aromatic heterocycles. The fraction of sp³-hybridized carbons (Fsp3) is 0.417. The minimum Gasteiger partial charge on any atom is -0.399 e. The molecule has 94 valence electrons. The van der Waals surface area contributed by atoms with Gasteiger partial charge in [-0.05, 0) is 18.2 Å². The van der Waals surface area contributed by atoms with Crippen molar-refractivity contribution < 1.29 is 9.00 Å². The van der Waals surface area contributed by atoms with Crippen LogP contribution in [0.15, 0.2) is 24.3 Å². The van der Waals surface area contributed by atoms with E-state index in [-0.39, 0.29) is 17.6 Å². The van der Waals surface area contributed by atoms with Crippen molar-refractivity contribution in [3.8, 4) is 0 Å². The van der Waals surface area contributed by atoms with E-state index in [0.717, 1.165) is 0 Å². The summed E-state index contributed by atoms with van der Waals surface area (Å²) >= 11 is 0. The SMILES string of the molecule is CC(C)S(=O)CCC(=O)Nc1cccc(N)c1. The van der Waals surface area contributed by atoms with Gasteiger partial charge in [0.15, 0.2) is 0 Å². The number of amides is 1. The van der Waals surface area contributed by atoms with Crippen LogP contribution >= 0.6 is 0 Å². The van der Waals surface area contributed by atoms with Gasteiger partial charge in [0.05, 0.1) is 0 Å². The highest BCUT2D eigenvalue weighted by Crippen LogP contribution is 2.12. The van der Waals surface area contributed by atoms with E-state index in [1.807, 2.05) is 13.8 Å². The Kier molecular flexibility index (Phi) is 5.15. The molecule has 1 rings (SSSR count). The Labute approximate surface area is 104 Å². The fourth-order valence-corrected chi connectivity index (χ4v) is 2.13. The van der Waals surface area contributed by atoms with Crippen molar-refractivity contribution in [1.82, 2.24) is 0 Å². The molecular formula is C12H18N2O2S. The maximum absolute atomic E-state index is 11.6. The quantitative estimate of drug-likeness (QED) is 0.786. The van der Waals surface area contributed by atoms with E-state index >= 15 is 0 Å². The predicted octanol–water partition coefficient (Wildman–Crippen LogP) is 1.75. The maximum atomic E-state index is 11.6. The fourth-order valence-electron chi connectivity index (χ4n) is 1.27. The Morgan fingerprint density at radius 1 is 1.47 bits per heavy atom. The first kappa shape index (κ1) is 13.7. The minimum atomic E-state index is -0.940. The smallest absolute Gasteiger partial charge is 0.225 e. The number of nitrogens with two attached hydrogens (primary N) is 1. The van der Waals surface area contributed by atoms with Crippen molar-refractivity contribution in [3.63, 3.8) is 0 Å². The molecule has 0 saturated carbocycles. The second-order valence-corrected chi connectivity index (χ2v) is 6.17. The molecule has 0 fully saturated rings. The van der Waals surface area contributed by atoms with Crippen molar-refractivity contribution in [1.29, 1.82) is 0 Å². The van der Waals surface area contributed by atoms with Crippen LogP contribution < -0.4 is 11.1 Å². The van der Waals surface area contributed by atoms with Gasteiger partial charge in [-0.15, -0.1) is 0 Å². The maximum Gasteiger partial charge on any atom is 0.225 e. The van der Waals surface area contributed by atoms with Gasteiger partial charge in [0.2, 0.25) is 5.91 Å². The van der Waals surface area contributed by atoms with Crippen LogP contribution in [-0.4, -0.2) is 21.1 Å².